The van der Waals surface area contributed by atoms with E-state index in [4.69, 9.17) is 4.74 Å². The van der Waals surface area contributed by atoms with Gasteiger partial charge in [0.15, 0.2) is 0 Å². The van der Waals surface area contributed by atoms with Gasteiger partial charge in [-0.05, 0) is 62.3 Å². The molecule has 3 rings (SSSR count). The number of aromatic nitrogens is 1. The largest absolute Gasteiger partial charge is 0.494 e. The Hall–Kier alpha value is -2.35. The summed E-state index contributed by atoms with van der Waals surface area (Å²) in [6.45, 7) is 1.89. The molecule has 0 amide bonds. The lowest BCUT2D eigenvalue weighted by Crippen LogP contribution is -2.26. The number of rotatable bonds is 10. The minimum Gasteiger partial charge on any atom is -0.494 e. The Morgan fingerprint density at radius 3 is 2.54 bits per heavy atom. The number of H-pyrrole nitrogens is 1. The lowest BCUT2D eigenvalue weighted by molar-refractivity contribution is 0.281. The van der Waals surface area contributed by atoms with Gasteiger partial charge in [-0.15, -0.1) is 0 Å². The number of para-hydroxylation sites is 1. The summed E-state index contributed by atoms with van der Waals surface area (Å²) in [5.74, 6) is 0.677. The number of aromatic amines is 1. The molecule has 7 heteroatoms. The maximum Gasteiger partial charge on any atom is 0.240 e. The van der Waals surface area contributed by atoms with Crippen molar-refractivity contribution in [1.29, 1.82) is 0 Å². The van der Waals surface area contributed by atoms with Gasteiger partial charge in [-0.25, -0.2) is 13.1 Å². The van der Waals surface area contributed by atoms with Crippen LogP contribution in [0.3, 0.4) is 0 Å². The molecular weight excluding hydrogens is 374 g/mol. The first-order valence-electron chi connectivity index (χ1n) is 9.38. The number of hydrogen-bond donors (Lipinski definition) is 2. The van der Waals surface area contributed by atoms with Crippen LogP contribution in [0.15, 0.2) is 59.5 Å². The zero-order valence-corrected chi connectivity index (χ0v) is 17.1. The lowest BCUT2D eigenvalue weighted by atomic mass is 10.2. The number of hydrogen-bond acceptors (Lipinski definition) is 4. The van der Waals surface area contributed by atoms with Crippen molar-refractivity contribution in [3.05, 3.63) is 60.3 Å². The number of nitrogens with one attached hydrogen (secondary N) is 2. The average Bonchev–Trinajstić information content (AvgIpc) is 3.08. The second-order valence-electron chi connectivity index (χ2n) is 7.01. The van der Waals surface area contributed by atoms with Crippen LogP contribution < -0.4 is 9.46 Å². The van der Waals surface area contributed by atoms with E-state index in [0.717, 1.165) is 29.6 Å². The molecule has 2 aromatic carbocycles. The number of fused-ring (bicyclic) bond motifs is 1. The Bertz CT molecular complexity index is 962. The number of sulfonamides is 1. The lowest BCUT2D eigenvalue weighted by Gasteiger charge is -2.11. The van der Waals surface area contributed by atoms with Crippen LogP contribution in [0.25, 0.3) is 10.9 Å². The summed E-state index contributed by atoms with van der Waals surface area (Å²) in [4.78, 5) is 5.64. The summed E-state index contributed by atoms with van der Waals surface area (Å²) in [5.41, 5.74) is 2.06. The van der Waals surface area contributed by atoms with E-state index in [1.165, 1.54) is 0 Å². The molecule has 0 bridgehead atoms. The number of ether oxygens (including phenoxy) is 1. The SMILES string of the molecule is CN(C)CCCOc1ccc(S(=O)(=O)NCCc2cc3ccccc3[nH]2)cc1. The van der Waals surface area contributed by atoms with Crippen molar-refractivity contribution in [3.8, 4) is 5.75 Å². The summed E-state index contributed by atoms with van der Waals surface area (Å²) in [6.07, 6.45) is 1.52. The van der Waals surface area contributed by atoms with E-state index in [1.54, 1.807) is 24.3 Å². The molecule has 0 aliphatic carbocycles. The van der Waals surface area contributed by atoms with E-state index >= 15 is 0 Å². The third-order valence-corrected chi connectivity index (χ3v) is 5.90. The topological polar surface area (TPSA) is 74.4 Å². The zero-order chi connectivity index (χ0) is 20.0. The summed E-state index contributed by atoms with van der Waals surface area (Å²) in [7, 11) is 0.498. The Kier molecular flexibility index (Phi) is 6.72. The Balaban J connectivity index is 1.50. The minimum absolute atomic E-state index is 0.241. The number of benzene rings is 2. The van der Waals surface area contributed by atoms with Crippen LogP contribution in [-0.2, 0) is 16.4 Å². The van der Waals surface area contributed by atoms with Crippen molar-refractivity contribution < 1.29 is 13.2 Å². The van der Waals surface area contributed by atoms with E-state index in [0.29, 0.717) is 25.3 Å². The maximum atomic E-state index is 12.5. The molecule has 6 nitrogen and oxygen atoms in total. The molecule has 1 aromatic heterocycles. The highest BCUT2D eigenvalue weighted by Crippen LogP contribution is 2.17. The van der Waals surface area contributed by atoms with Gasteiger partial charge in [0.25, 0.3) is 0 Å². The van der Waals surface area contributed by atoms with Gasteiger partial charge >= 0.3 is 0 Å². The molecule has 0 aliphatic heterocycles. The summed E-state index contributed by atoms with van der Waals surface area (Å²) < 4.78 is 33.3. The molecule has 0 unspecified atom stereocenters. The van der Waals surface area contributed by atoms with E-state index < -0.39 is 10.0 Å². The Labute approximate surface area is 166 Å². The normalized spacial score (nSPS) is 12.0. The molecule has 0 aliphatic rings. The second kappa shape index (κ2) is 9.23. The molecule has 1 heterocycles. The quantitative estimate of drug-likeness (QED) is 0.512. The molecule has 0 saturated heterocycles. The van der Waals surface area contributed by atoms with Crippen molar-refractivity contribution in [2.45, 2.75) is 17.7 Å². The van der Waals surface area contributed by atoms with Crippen LogP contribution in [-0.4, -0.2) is 52.1 Å². The van der Waals surface area contributed by atoms with E-state index in [2.05, 4.69) is 14.6 Å². The highest BCUT2D eigenvalue weighted by atomic mass is 32.2. The predicted molar refractivity (Wildman–Crippen MR) is 112 cm³/mol. The van der Waals surface area contributed by atoms with E-state index in [9.17, 15) is 8.42 Å². The third-order valence-electron chi connectivity index (χ3n) is 4.42. The van der Waals surface area contributed by atoms with Gasteiger partial charge in [0.05, 0.1) is 11.5 Å². The minimum atomic E-state index is -3.54. The van der Waals surface area contributed by atoms with Gasteiger partial charge < -0.3 is 14.6 Å². The van der Waals surface area contributed by atoms with Crippen molar-refractivity contribution in [2.24, 2.45) is 0 Å². The zero-order valence-electron chi connectivity index (χ0n) is 16.3. The molecule has 0 saturated carbocycles. The van der Waals surface area contributed by atoms with Gasteiger partial charge in [0.2, 0.25) is 10.0 Å². The molecule has 2 N–H and O–H groups in total. The molecule has 28 heavy (non-hydrogen) atoms. The molecule has 3 aromatic rings. The van der Waals surface area contributed by atoms with E-state index in [1.807, 2.05) is 44.4 Å². The first-order valence-corrected chi connectivity index (χ1v) is 10.9. The molecule has 0 fully saturated rings. The van der Waals surface area contributed by atoms with Crippen LogP contribution in [0.1, 0.15) is 12.1 Å². The fraction of sp³-hybridized carbons (Fsp3) is 0.333. The van der Waals surface area contributed by atoms with Gasteiger partial charge in [-0.1, -0.05) is 18.2 Å². The number of nitrogens with zero attached hydrogens (tertiary/aromatic N) is 1. The third kappa shape index (κ3) is 5.58. The molecule has 0 spiro atoms. The van der Waals surface area contributed by atoms with Gasteiger partial charge in [-0.2, -0.15) is 0 Å². The first kappa shape index (κ1) is 20.4. The van der Waals surface area contributed by atoms with Crippen LogP contribution >= 0.6 is 0 Å². The monoisotopic (exact) mass is 401 g/mol. The van der Waals surface area contributed by atoms with Gasteiger partial charge in [-0.3, -0.25) is 0 Å². The molecular formula is C21H27N3O3S. The molecule has 0 atom stereocenters. The van der Waals surface area contributed by atoms with Crippen LogP contribution in [0.2, 0.25) is 0 Å². The predicted octanol–water partition coefficient (Wildman–Crippen LogP) is 3.02. The summed E-state index contributed by atoms with van der Waals surface area (Å²) >= 11 is 0. The summed E-state index contributed by atoms with van der Waals surface area (Å²) in [6, 6.07) is 16.6. The standard InChI is InChI=1S/C21H27N3O3S/c1-24(2)14-5-15-27-19-8-10-20(11-9-19)28(25,26)22-13-12-18-16-17-6-3-4-7-21(17)23-18/h3-4,6-11,16,22-23H,5,12-15H2,1-2H3. The van der Waals surface area contributed by atoms with Crippen molar-refractivity contribution >= 4 is 20.9 Å². The van der Waals surface area contributed by atoms with Gasteiger partial charge in [0, 0.05) is 30.7 Å². The van der Waals surface area contributed by atoms with Crippen LogP contribution in [0.4, 0.5) is 0 Å². The van der Waals surface area contributed by atoms with E-state index in [-0.39, 0.29) is 4.90 Å². The molecule has 150 valence electrons. The first-order chi connectivity index (χ1) is 13.4. The fourth-order valence-electron chi connectivity index (χ4n) is 2.96. The van der Waals surface area contributed by atoms with Crippen LogP contribution in [0, 0.1) is 0 Å². The average molecular weight is 402 g/mol. The molecule has 0 radical (unpaired) electrons. The highest BCUT2D eigenvalue weighted by Gasteiger charge is 2.13. The second-order valence-corrected chi connectivity index (χ2v) is 8.77. The van der Waals surface area contributed by atoms with Crippen molar-refractivity contribution in [3.63, 3.8) is 0 Å². The highest BCUT2D eigenvalue weighted by molar-refractivity contribution is 7.89. The fourth-order valence-corrected chi connectivity index (χ4v) is 3.99. The van der Waals surface area contributed by atoms with Crippen LogP contribution in [0.5, 0.6) is 5.75 Å². The Morgan fingerprint density at radius 1 is 1.07 bits per heavy atom. The van der Waals surface area contributed by atoms with Crippen molar-refractivity contribution in [2.75, 3.05) is 33.8 Å². The maximum absolute atomic E-state index is 12.5. The Morgan fingerprint density at radius 2 is 1.82 bits per heavy atom. The summed E-state index contributed by atoms with van der Waals surface area (Å²) in [5, 5.41) is 1.13. The van der Waals surface area contributed by atoms with Crippen molar-refractivity contribution in [1.82, 2.24) is 14.6 Å². The van der Waals surface area contributed by atoms with Gasteiger partial charge in [0.1, 0.15) is 5.75 Å². The smallest absolute Gasteiger partial charge is 0.240 e.